The number of benzene rings is 2. The molecule has 11 nitrogen and oxygen atoms in total. The van der Waals surface area contributed by atoms with Crippen LogP contribution in [0.4, 0.5) is 5.82 Å². The van der Waals surface area contributed by atoms with Crippen molar-refractivity contribution in [3.8, 4) is 23.0 Å². The van der Waals surface area contributed by atoms with Crippen LogP contribution in [0.25, 0.3) is 0 Å². The number of nitrogens with zero attached hydrogens (tertiary/aromatic N) is 2. The summed E-state index contributed by atoms with van der Waals surface area (Å²) < 4.78 is 25.4. The molecule has 3 atom stereocenters. The summed E-state index contributed by atoms with van der Waals surface area (Å²) >= 11 is 6.62. The molecule has 12 heteroatoms. The Balaban J connectivity index is 1.56. The van der Waals surface area contributed by atoms with Crippen LogP contribution in [0, 0.1) is 5.92 Å². The van der Waals surface area contributed by atoms with Crippen LogP contribution in [-0.2, 0) is 18.9 Å². The first kappa shape index (κ1) is 30.3. The van der Waals surface area contributed by atoms with Crippen molar-refractivity contribution in [3.63, 3.8) is 0 Å². The van der Waals surface area contributed by atoms with Gasteiger partial charge in [-0.25, -0.2) is 4.79 Å². The third-order valence-electron chi connectivity index (χ3n) is 8.77. The molecule has 3 heterocycles. The molecular weight excluding hydrogens is 602 g/mol. The third-order valence-corrected chi connectivity index (χ3v) is 9.13. The molecule has 6 rings (SSSR count). The minimum atomic E-state index is -1.99. The van der Waals surface area contributed by atoms with Crippen molar-refractivity contribution in [1.82, 2.24) is 9.13 Å². The summed E-state index contributed by atoms with van der Waals surface area (Å²) in [6.45, 7) is 7.77. The molecule has 0 amide bonds. The molecule has 1 N–H and O–H groups in total. The zero-order valence-corrected chi connectivity index (χ0v) is 26.5. The molecule has 0 fully saturated rings. The average molecular weight is 634 g/mol. The summed E-state index contributed by atoms with van der Waals surface area (Å²) in [5.41, 5.74) is -0.742. The number of hydrogen-bond donors (Lipinski definition) is 1. The highest BCUT2D eigenvalue weighted by atomic mass is 35.5. The van der Waals surface area contributed by atoms with Crippen LogP contribution in [0.2, 0.25) is 5.02 Å². The largest absolute Gasteiger partial charge is 0.496 e. The number of aromatic nitrogens is 2. The maximum absolute atomic E-state index is 15.0. The van der Waals surface area contributed by atoms with E-state index in [1.165, 1.54) is 31.9 Å². The minimum absolute atomic E-state index is 0.000148. The average Bonchev–Trinajstić information content (AvgIpc) is 3.34. The topological polar surface area (TPSA) is 127 Å². The van der Waals surface area contributed by atoms with E-state index in [-0.39, 0.29) is 51.2 Å². The van der Waals surface area contributed by atoms with Crippen LogP contribution in [0.5, 0.6) is 23.0 Å². The molecule has 0 saturated carbocycles. The molecule has 234 valence electrons. The SMILES string of the molecule is C=C(C)COc1ccc(C2C3=C(C[C@@H](C)[C@]4(Oc5c(Cl)c(OC)cc(OC)c5C4=O)C3=O)Nc3c2c(=O)n(C)c(=O)n3C)cc1. The van der Waals surface area contributed by atoms with Crippen molar-refractivity contribution in [1.29, 1.82) is 0 Å². The van der Waals surface area contributed by atoms with E-state index in [0.29, 0.717) is 23.6 Å². The highest BCUT2D eigenvalue weighted by Gasteiger charge is 2.63. The van der Waals surface area contributed by atoms with Crippen LogP contribution in [0.15, 0.2) is 63.3 Å². The van der Waals surface area contributed by atoms with Gasteiger partial charge in [-0.3, -0.25) is 23.5 Å². The van der Waals surface area contributed by atoms with Crippen LogP contribution in [0.3, 0.4) is 0 Å². The van der Waals surface area contributed by atoms with Crippen molar-refractivity contribution >= 4 is 29.0 Å². The van der Waals surface area contributed by atoms with E-state index in [4.69, 9.17) is 30.5 Å². The molecule has 45 heavy (non-hydrogen) atoms. The number of carbonyl (C=O) groups is 2. The van der Waals surface area contributed by atoms with Crippen molar-refractivity contribution in [2.24, 2.45) is 20.0 Å². The predicted molar refractivity (Wildman–Crippen MR) is 167 cm³/mol. The van der Waals surface area contributed by atoms with E-state index in [2.05, 4.69) is 11.9 Å². The van der Waals surface area contributed by atoms with E-state index < -0.39 is 40.3 Å². The summed E-state index contributed by atoms with van der Waals surface area (Å²) in [5, 5.41) is 3.25. The molecule has 0 radical (unpaired) electrons. The molecule has 1 aromatic heterocycles. The monoisotopic (exact) mass is 633 g/mol. The van der Waals surface area contributed by atoms with Crippen molar-refractivity contribution in [2.75, 3.05) is 26.1 Å². The van der Waals surface area contributed by atoms with Gasteiger partial charge in [-0.05, 0) is 36.6 Å². The summed E-state index contributed by atoms with van der Waals surface area (Å²) in [5.74, 6) is -1.60. The van der Waals surface area contributed by atoms with Gasteiger partial charge in [-0.1, -0.05) is 37.2 Å². The van der Waals surface area contributed by atoms with Crippen LogP contribution in [0.1, 0.15) is 47.7 Å². The fourth-order valence-corrected chi connectivity index (χ4v) is 6.75. The van der Waals surface area contributed by atoms with Gasteiger partial charge in [-0.15, -0.1) is 0 Å². The number of Topliss-reactive ketones (excluding diaryl/α,β-unsaturated/α-hetero) is 2. The standard InChI is InChI=1S/C33H32ClN3O8/c1-15(2)14-44-18-10-8-17(9-11-18)22-23-19(35-30-25(22)31(40)37(5)32(41)36(30)4)12-16(3)33(28(23)38)29(39)24-20(42-6)13-21(43-7)26(34)27(24)45-33/h8-11,13,16,22,35H,1,12,14H2,2-7H3/t16-,22?,33+/m1/s1. The fourth-order valence-electron chi connectivity index (χ4n) is 6.49. The van der Waals surface area contributed by atoms with E-state index in [0.717, 1.165) is 10.1 Å². The first-order chi connectivity index (χ1) is 21.4. The lowest BCUT2D eigenvalue weighted by Crippen LogP contribution is -2.58. The summed E-state index contributed by atoms with van der Waals surface area (Å²) in [7, 11) is 5.76. The number of anilines is 1. The third kappa shape index (κ3) is 4.24. The van der Waals surface area contributed by atoms with Gasteiger partial charge < -0.3 is 24.3 Å². The molecule has 1 spiro atoms. The lowest BCUT2D eigenvalue weighted by Gasteiger charge is -2.42. The fraction of sp³-hybridized carbons (Fsp3) is 0.333. The Hall–Kier alpha value is -4.77. The van der Waals surface area contributed by atoms with E-state index in [1.807, 2.05) is 6.92 Å². The molecule has 1 aliphatic carbocycles. The van der Waals surface area contributed by atoms with Gasteiger partial charge in [0.2, 0.25) is 17.2 Å². The minimum Gasteiger partial charge on any atom is -0.496 e. The normalized spacial score (nSPS) is 21.5. The summed E-state index contributed by atoms with van der Waals surface area (Å²) in [6.07, 6.45) is 0.191. The Morgan fingerprint density at radius 3 is 2.36 bits per heavy atom. The van der Waals surface area contributed by atoms with E-state index in [1.54, 1.807) is 38.2 Å². The number of carbonyl (C=O) groups excluding carboxylic acids is 2. The zero-order chi connectivity index (χ0) is 32.5. The second-order valence-electron chi connectivity index (χ2n) is 11.6. The van der Waals surface area contributed by atoms with Gasteiger partial charge in [-0.2, -0.15) is 0 Å². The molecule has 2 aromatic carbocycles. The number of ketones is 2. The number of halogens is 1. The van der Waals surface area contributed by atoms with Gasteiger partial charge >= 0.3 is 5.69 Å². The second kappa shape index (κ2) is 10.7. The number of hydrogen-bond acceptors (Lipinski definition) is 9. The number of methoxy groups -OCH3 is 2. The predicted octanol–water partition coefficient (Wildman–Crippen LogP) is 4.14. The lowest BCUT2D eigenvalue weighted by molar-refractivity contribution is -0.130. The van der Waals surface area contributed by atoms with Crippen molar-refractivity contribution in [2.45, 2.75) is 31.8 Å². The Morgan fingerprint density at radius 2 is 1.73 bits per heavy atom. The quantitative estimate of drug-likeness (QED) is 0.315. The number of nitrogens with one attached hydrogen (secondary N) is 1. The highest BCUT2D eigenvalue weighted by molar-refractivity contribution is 6.36. The molecule has 0 bridgehead atoms. The van der Waals surface area contributed by atoms with E-state index in [9.17, 15) is 19.2 Å². The molecular formula is C33H32ClN3O8. The lowest BCUT2D eigenvalue weighted by atomic mass is 9.66. The Kier molecular flexibility index (Phi) is 7.19. The first-order valence-electron chi connectivity index (χ1n) is 14.3. The van der Waals surface area contributed by atoms with Crippen LogP contribution < -0.4 is 35.5 Å². The molecule has 0 saturated heterocycles. The van der Waals surface area contributed by atoms with Crippen LogP contribution in [-0.4, -0.2) is 47.1 Å². The molecule has 3 aromatic rings. The van der Waals surface area contributed by atoms with Gasteiger partial charge in [0.05, 0.1) is 19.8 Å². The van der Waals surface area contributed by atoms with Crippen LogP contribution >= 0.6 is 11.6 Å². The number of ether oxygens (including phenoxy) is 4. The second-order valence-corrected chi connectivity index (χ2v) is 12.0. The van der Waals surface area contributed by atoms with Gasteiger partial charge in [0.15, 0.2) is 5.75 Å². The highest BCUT2D eigenvalue weighted by Crippen LogP contribution is 2.56. The van der Waals surface area contributed by atoms with Crippen molar-refractivity contribution < 1.29 is 28.5 Å². The smallest absolute Gasteiger partial charge is 0.332 e. The number of rotatable bonds is 6. The molecule has 1 unspecified atom stereocenters. The van der Waals surface area contributed by atoms with Gasteiger partial charge in [0.1, 0.15) is 40.3 Å². The Labute approximate surface area is 263 Å². The maximum Gasteiger partial charge on any atom is 0.332 e. The summed E-state index contributed by atoms with van der Waals surface area (Å²) in [4.78, 5) is 56.1. The Morgan fingerprint density at radius 1 is 1.07 bits per heavy atom. The first-order valence-corrected chi connectivity index (χ1v) is 14.6. The zero-order valence-electron chi connectivity index (χ0n) is 25.7. The van der Waals surface area contributed by atoms with Gasteiger partial charge in [0.25, 0.3) is 5.56 Å². The molecule has 3 aliphatic rings. The van der Waals surface area contributed by atoms with Gasteiger partial charge in [0, 0.05) is 43.3 Å². The number of fused-ring (bicyclic) bond motifs is 2. The van der Waals surface area contributed by atoms with E-state index >= 15 is 0 Å². The maximum atomic E-state index is 15.0. The van der Waals surface area contributed by atoms with Crippen molar-refractivity contribution in [3.05, 3.63) is 96.3 Å². The summed E-state index contributed by atoms with van der Waals surface area (Å²) in [6, 6.07) is 8.48. The number of allylic oxidation sites excluding steroid dienone is 1. The Bertz CT molecular complexity index is 1970. The molecule has 2 aliphatic heterocycles.